The van der Waals surface area contributed by atoms with Gasteiger partial charge in [-0.05, 0) is 45.7 Å². The molecular formula is C8H16FN. The van der Waals surface area contributed by atoms with E-state index < -0.39 is 5.67 Å². The minimum absolute atomic E-state index is 0.272. The van der Waals surface area contributed by atoms with Crippen LogP contribution in [0.3, 0.4) is 0 Å². The predicted octanol–water partition coefficient (Wildman–Crippen LogP) is 1.73. The molecule has 1 heterocycles. The van der Waals surface area contributed by atoms with Crippen LogP contribution in [-0.4, -0.2) is 18.8 Å². The van der Waals surface area contributed by atoms with Crippen molar-refractivity contribution in [3.8, 4) is 0 Å². The van der Waals surface area contributed by atoms with Crippen LogP contribution in [0.4, 0.5) is 4.39 Å². The van der Waals surface area contributed by atoms with Crippen molar-refractivity contribution < 1.29 is 4.39 Å². The van der Waals surface area contributed by atoms with Crippen LogP contribution in [0, 0.1) is 5.92 Å². The minimum atomic E-state index is -0.970. The van der Waals surface area contributed by atoms with Gasteiger partial charge in [-0.15, -0.1) is 0 Å². The highest BCUT2D eigenvalue weighted by Crippen LogP contribution is 2.28. The third kappa shape index (κ3) is 1.94. The van der Waals surface area contributed by atoms with Crippen LogP contribution in [0.25, 0.3) is 0 Å². The van der Waals surface area contributed by atoms with Crippen molar-refractivity contribution >= 4 is 0 Å². The number of hydrogen-bond donors (Lipinski definition) is 1. The summed E-state index contributed by atoms with van der Waals surface area (Å²) in [6.07, 6.45) is 1.98. The van der Waals surface area contributed by atoms with Gasteiger partial charge in [0, 0.05) is 0 Å². The summed E-state index contributed by atoms with van der Waals surface area (Å²) in [5.41, 5.74) is -0.970. The van der Waals surface area contributed by atoms with E-state index in [1.165, 1.54) is 0 Å². The number of hydrogen-bond acceptors (Lipinski definition) is 1. The molecular weight excluding hydrogens is 129 g/mol. The van der Waals surface area contributed by atoms with E-state index in [1.807, 2.05) is 0 Å². The number of nitrogens with one attached hydrogen (secondary N) is 1. The van der Waals surface area contributed by atoms with Gasteiger partial charge >= 0.3 is 0 Å². The molecule has 60 valence electrons. The van der Waals surface area contributed by atoms with E-state index in [9.17, 15) is 4.39 Å². The molecule has 0 bridgehead atoms. The molecule has 0 aliphatic carbocycles. The van der Waals surface area contributed by atoms with Crippen LogP contribution in [0.5, 0.6) is 0 Å². The van der Waals surface area contributed by atoms with Crippen LogP contribution >= 0.6 is 0 Å². The maximum Gasteiger partial charge on any atom is 0.108 e. The first-order chi connectivity index (χ1) is 4.61. The third-order valence-electron chi connectivity index (χ3n) is 2.31. The second-order valence-corrected chi connectivity index (χ2v) is 3.59. The molecule has 1 saturated heterocycles. The number of alkyl halides is 1. The zero-order valence-electron chi connectivity index (χ0n) is 6.78. The van der Waals surface area contributed by atoms with Crippen LogP contribution in [0.1, 0.15) is 26.7 Å². The van der Waals surface area contributed by atoms with E-state index in [-0.39, 0.29) is 5.92 Å². The summed E-state index contributed by atoms with van der Waals surface area (Å²) in [4.78, 5) is 0. The van der Waals surface area contributed by atoms with Gasteiger partial charge in [0.2, 0.25) is 0 Å². The predicted molar refractivity (Wildman–Crippen MR) is 40.8 cm³/mol. The Morgan fingerprint density at radius 1 is 1.30 bits per heavy atom. The number of halogens is 1. The first kappa shape index (κ1) is 7.99. The fourth-order valence-electron chi connectivity index (χ4n) is 1.51. The molecule has 0 aromatic heterocycles. The highest BCUT2D eigenvalue weighted by atomic mass is 19.1. The van der Waals surface area contributed by atoms with E-state index in [4.69, 9.17) is 0 Å². The highest BCUT2D eigenvalue weighted by molar-refractivity contribution is 4.81. The van der Waals surface area contributed by atoms with Gasteiger partial charge in [-0.3, -0.25) is 0 Å². The van der Waals surface area contributed by atoms with Gasteiger partial charge in [0.05, 0.1) is 0 Å². The van der Waals surface area contributed by atoms with Crippen LogP contribution < -0.4 is 5.32 Å². The van der Waals surface area contributed by atoms with Gasteiger partial charge in [0.1, 0.15) is 5.67 Å². The fraction of sp³-hybridized carbons (Fsp3) is 1.00. The molecule has 1 rings (SSSR count). The Balaban J connectivity index is 2.39. The summed E-state index contributed by atoms with van der Waals surface area (Å²) in [7, 11) is 0. The summed E-state index contributed by atoms with van der Waals surface area (Å²) in [6, 6.07) is 0. The second-order valence-electron chi connectivity index (χ2n) is 3.59. The monoisotopic (exact) mass is 145 g/mol. The maximum atomic E-state index is 13.2. The largest absolute Gasteiger partial charge is 0.317 e. The third-order valence-corrected chi connectivity index (χ3v) is 2.31. The van der Waals surface area contributed by atoms with Gasteiger partial charge in [-0.2, -0.15) is 0 Å². The average molecular weight is 145 g/mol. The molecule has 0 atom stereocenters. The Bertz CT molecular complexity index is 100. The summed E-state index contributed by atoms with van der Waals surface area (Å²) >= 11 is 0. The molecule has 0 spiro atoms. The van der Waals surface area contributed by atoms with Crippen molar-refractivity contribution in [1.82, 2.24) is 5.32 Å². The van der Waals surface area contributed by atoms with Crippen molar-refractivity contribution in [3.63, 3.8) is 0 Å². The molecule has 0 radical (unpaired) electrons. The van der Waals surface area contributed by atoms with E-state index >= 15 is 0 Å². The first-order valence-electron chi connectivity index (χ1n) is 4.00. The van der Waals surface area contributed by atoms with Gasteiger partial charge in [0.15, 0.2) is 0 Å². The standard InChI is InChI=1S/C8H16FN/c1-8(2,9)7-3-5-10-6-4-7/h7,10H,3-6H2,1-2H3. The van der Waals surface area contributed by atoms with Crippen molar-refractivity contribution in [2.24, 2.45) is 5.92 Å². The average Bonchev–Trinajstić information content (AvgIpc) is 1.88. The van der Waals surface area contributed by atoms with Crippen LogP contribution in [-0.2, 0) is 0 Å². The second kappa shape index (κ2) is 2.87. The molecule has 2 heteroatoms. The summed E-state index contributed by atoms with van der Waals surface area (Å²) < 4.78 is 13.2. The minimum Gasteiger partial charge on any atom is -0.317 e. The van der Waals surface area contributed by atoms with Crippen LogP contribution in [0.15, 0.2) is 0 Å². The lowest BCUT2D eigenvalue weighted by atomic mass is 9.85. The van der Waals surface area contributed by atoms with Gasteiger partial charge in [-0.25, -0.2) is 4.39 Å². The first-order valence-corrected chi connectivity index (χ1v) is 4.00. The Hall–Kier alpha value is -0.110. The highest BCUT2D eigenvalue weighted by Gasteiger charge is 2.29. The molecule has 10 heavy (non-hydrogen) atoms. The number of rotatable bonds is 1. The summed E-state index contributed by atoms with van der Waals surface area (Å²) in [5, 5.41) is 3.22. The molecule has 0 saturated carbocycles. The Morgan fingerprint density at radius 3 is 2.10 bits per heavy atom. The number of piperidine rings is 1. The molecule has 0 aromatic rings. The molecule has 1 aliphatic heterocycles. The fourth-order valence-corrected chi connectivity index (χ4v) is 1.51. The summed E-state index contributed by atoms with van der Waals surface area (Å²) in [6.45, 7) is 5.34. The maximum absolute atomic E-state index is 13.2. The van der Waals surface area contributed by atoms with Crippen molar-refractivity contribution in [2.45, 2.75) is 32.4 Å². The molecule has 0 unspecified atom stereocenters. The van der Waals surface area contributed by atoms with Crippen molar-refractivity contribution in [3.05, 3.63) is 0 Å². The molecule has 0 aromatic carbocycles. The lowest BCUT2D eigenvalue weighted by Crippen LogP contribution is -2.36. The lowest BCUT2D eigenvalue weighted by molar-refractivity contribution is 0.0993. The summed E-state index contributed by atoms with van der Waals surface area (Å²) in [5.74, 6) is 0.272. The van der Waals surface area contributed by atoms with Gasteiger partial charge < -0.3 is 5.32 Å². The van der Waals surface area contributed by atoms with E-state index in [2.05, 4.69) is 5.32 Å². The van der Waals surface area contributed by atoms with E-state index in [0.717, 1.165) is 25.9 Å². The molecule has 1 N–H and O–H groups in total. The Morgan fingerprint density at radius 2 is 1.80 bits per heavy atom. The zero-order valence-corrected chi connectivity index (χ0v) is 6.78. The van der Waals surface area contributed by atoms with Crippen molar-refractivity contribution in [2.75, 3.05) is 13.1 Å². The lowest BCUT2D eigenvalue weighted by Gasteiger charge is -2.30. The Kier molecular flexibility index (Phi) is 2.29. The molecule has 0 amide bonds. The SMILES string of the molecule is CC(C)(F)C1CCNCC1. The normalized spacial score (nSPS) is 23.1. The molecule has 1 aliphatic rings. The van der Waals surface area contributed by atoms with Crippen molar-refractivity contribution in [1.29, 1.82) is 0 Å². The van der Waals surface area contributed by atoms with Gasteiger partial charge in [-0.1, -0.05) is 0 Å². The smallest absolute Gasteiger partial charge is 0.108 e. The van der Waals surface area contributed by atoms with E-state index in [0.29, 0.717) is 0 Å². The van der Waals surface area contributed by atoms with Crippen LogP contribution in [0.2, 0.25) is 0 Å². The van der Waals surface area contributed by atoms with Gasteiger partial charge in [0.25, 0.3) is 0 Å². The zero-order chi connectivity index (χ0) is 7.61. The molecule has 1 nitrogen and oxygen atoms in total. The Labute approximate surface area is 62.0 Å². The topological polar surface area (TPSA) is 12.0 Å². The van der Waals surface area contributed by atoms with E-state index in [1.54, 1.807) is 13.8 Å². The quantitative estimate of drug-likeness (QED) is 0.592. The molecule has 1 fully saturated rings.